The molecule has 5 nitrogen and oxygen atoms in total. The SMILES string of the molecule is CCCOc1ccnc(NCC(C)(O)CCC)n1. The van der Waals surface area contributed by atoms with E-state index >= 15 is 0 Å². The predicted molar refractivity (Wildman–Crippen MR) is 71.8 cm³/mol. The first kappa shape index (κ1) is 14.7. The molecule has 2 N–H and O–H groups in total. The summed E-state index contributed by atoms with van der Waals surface area (Å²) in [5, 5.41) is 13.1. The molecule has 0 bridgehead atoms. The third-order valence-electron chi connectivity index (χ3n) is 2.50. The molecule has 5 heteroatoms. The number of aromatic nitrogens is 2. The number of rotatable bonds is 8. The Kier molecular flexibility index (Phi) is 5.85. The number of anilines is 1. The fourth-order valence-electron chi connectivity index (χ4n) is 1.61. The van der Waals surface area contributed by atoms with Crippen LogP contribution in [-0.4, -0.2) is 33.8 Å². The largest absolute Gasteiger partial charge is 0.478 e. The van der Waals surface area contributed by atoms with Gasteiger partial charge in [0.25, 0.3) is 0 Å². The Hall–Kier alpha value is -1.36. The fraction of sp³-hybridized carbons (Fsp3) is 0.692. The van der Waals surface area contributed by atoms with Crippen LogP contribution in [0.25, 0.3) is 0 Å². The van der Waals surface area contributed by atoms with Crippen molar-refractivity contribution in [1.82, 2.24) is 9.97 Å². The minimum atomic E-state index is -0.738. The summed E-state index contributed by atoms with van der Waals surface area (Å²) >= 11 is 0. The molecule has 1 heterocycles. The van der Waals surface area contributed by atoms with Crippen LogP contribution in [0.1, 0.15) is 40.0 Å². The second-order valence-corrected chi connectivity index (χ2v) is 4.67. The van der Waals surface area contributed by atoms with Gasteiger partial charge < -0.3 is 15.2 Å². The Morgan fingerprint density at radius 2 is 2.17 bits per heavy atom. The highest BCUT2D eigenvalue weighted by atomic mass is 16.5. The van der Waals surface area contributed by atoms with Crippen molar-refractivity contribution in [3.05, 3.63) is 12.3 Å². The lowest BCUT2D eigenvalue weighted by atomic mass is 10.0. The Balaban J connectivity index is 2.51. The Morgan fingerprint density at radius 1 is 1.39 bits per heavy atom. The van der Waals surface area contributed by atoms with Crippen LogP contribution in [-0.2, 0) is 0 Å². The van der Waals surface area contributed by atoms with Gasteiger partial charge in [0.2, 0.25) is 11.8 Å². The fourth-order valence-corrected chi connectivity index (χ4v) is 1.61. The molecule has 1 rings (SSSR count). The number of ether oxygens (including phenoxy) is 1. The first-order valence-electron chi connectivity index (χ1n) is 6.49. The van der Waals surface area contributed by atoms with Crippen LogP contribution < -0.4 is 10.1 Å². The van der Waals surface area contributed by atoms with E-state index in [1.54, 1.807) is 19.2 Å². The van der Waals surface area contributed by atoms with E-state index < -0.39 is 5.60 Å². The van der Waals surface area contributed by atoms with Crippen LogP contribution in [0.5, 0.6) is 5.88 Å². The molecule has 0 aliphatic heterocycles. The number of hydrogen-bond donors (Lipinski definition) is 2. The summed E-state index contributed by atoms with van der Waals surface area (Å²) in [5.74, 6) is 1.05. The van der Waals surface area contributed by atoms with Gasteiger partial charge in [-0.1, -0.05) is 20.3 Å². The van der Waals surface area contributed by atoms with Gasteiger partial charge in [0.15, 0.2) is 0 Å². The highest BCUT2D eigenvalue weighted by Gasteiger charge is 2.18. The molecule has 0 saturated heterocycles. The molecule has 0 saturated carbocycles. The Labute approximate surface area is 109 Å². The third-order valence-corrected chi connectivity index (χ3v) is 2.50. The van der Waals surface area contributed by atoms with E-state index in [0.717, 1.165) is 19.3 Å². The summed E-state index contributed by atoms with van der Waals surface area (Å²) < 4.78 is 5.42. The number of nitrogens with one attached hydrogen (secondary N) is 1. The van der Waals surface area contributed by atoms with Crippen LogP contribution in [0.4, 0.5) is 5.95 Å². The van der Waals surface area contributed by atoms with Crippen molar-refractivity contribution in [2.24, 2.45) is 0 Å². The second kappa shape index (κ2) is 7.16. The quantitative estimate of drug-likeness (QED) is 0.743. The summed E-state index contributed by atoms with van der Waals surface area (Å²) in [6, 6.07) is 1.73. The molecule has 0 radical (unpaired) electrons. The standard InChI is InChI=1S/C13H23N3O2/c1-4-7-13(3,17)10-15-12-14-8-6-11(16-12)18-9-5-2/h6,8,17H,4-5,7,9-10H2,1-3H3,(H,14,15,16). The first-order chi connectivity index (χ1) is 8.57. The van der Waals surface area contributed by atoms with Gasteiger partial charge in [0, 0.05) is 18.8 Å². The van der Waals surface area contributed by atoms with Gasteiger partial charge in [-0.25, -0.2) is 4.98 Å². The van der Waals surface area contributed by atoms with E-state index in [-0.39, 0.29) is 0 Å². The molecule has 1 aromatic heterocycles. The maximum Gasteiger partial charge on any atom is 0.226 e. The van der Waals surface area contributed by atoms with Crippen molar-refractivity contribution in [3.63, 3.8) is 0 Å². The summed E-state index contributed by atoms with van der Waals surface area (Å²) in [6.45, 7) is 6.97. The average molecular weight is 253 g/mol. The number of aliphatic hydroxyl groups is 1. The van der Waals surface area contributed by atoms with Crippen LogP contribution >= 0.6 is 0 Å². The molecule has 1 aromatic rings. The van der Waals surface area contributed by atoms with Crippen molar-refractivity contribution in [2.75, 3.05) is 18.5 Å². The average Bonchev–Trinajstić information content (AvgIpc) is 2.35. The molecular weight excluding hydrogens is 230 g/mol. The van der Waals surface area contributed by atoms with Crippen molar-refractivity contribution < 1.29 is 9.84 Å². The Morgan fingerprint density at radius 3 is 2.83 bits per heavy atom. The molecule has 18 heavy (non-hydrogen) atoms. The molecule has 0 aliphatic rings. The minimum absolute atomic E-state index is 0.429. The summed E-state index contributed by atoms with van der Waals surface area (Å²) in [7, 11) is 0. The topological polar surface area (TPSA) is 67.3 Å². The van der Waals surface area contributed by atoms with Crippen LogP contribution in [0.2, 0.25) is 0 Å². The molecule has 0 fully saturated rings. The Bertz CT molecular complexity index is 356. The molecule has 1 atom stereocenters. The zero-order valence-corrected chi connectivity index (χ0v) is 11.4. The third kappa shape index (κ3) is 5.31. The van der Waals surface area contributed by atoms with Crippen molar-refractivity contribution in [1.29, 1.82) is 0 Å². The molecule has 0 aromatic carbocycles. The highest BCUT2D eigenvalue weighted by Crippen LogP contribution is 2.13. The van der Waals surface area contributed by atoms with Crippen LogP contribution in [0.3, 0.4) is 0 Å². The maximum absolute atomic E-state index is 10.0. The normalized spacial score (nSPS) is 14.0. The van der Waals surface area contributed by atoms with Crippen molar-refractivity contribution in [3.8, 4) is 5.88 Å². The molecule has 0 aliphatic carbocycles. The molecule has 102 valence electrons. The van der Waals surface area contributed by atoms with Crippen molar-refractivity contribution in [2.45, 2.75) is 45.6 Å². The smallest absolute Gasteiger partial charge is 0.226 e. The van der Waals surface area contributed by atoms with E-state index in [1.165, 1.54) is 0 Å². The second-order valence-electron chi connectivity index (χ2n) is 4.67. The zero-order chi connectivity index (χ0) is 13.4. The van der Waals surface area contributed by atoms with E-state index in [0.29, 0.717) is 25.0 Å². The van der Waals surface area contributed by atoms with E-state index in [2.05, 4.69) is 15.3 Å². The number of nitrogens with zero attached hydrogens (tertiary/aromatic N) is 2. The van der Waals surface area contributed by atoms with Crippen molar-refractivity contribution >= 4 is 5.95 Å². The zero-order valence-electron chi connectivity index (χ0n) is 11.4. The number of hydrogen-bond acceptors (Lipinski definition) is 5. The minimum Gasteiger partial charge on any atom is -0.478 e. The van der Waals surface area contributed by atoms with E-state index in [9.17, 15) is 5.11 Å². The molecule has 0 amide bonds. The van der Waals surface area contributed by atoms with Gasteiger partial charge in [-0.3, -0.25) is 0 Å². The lowest BCUT2D eigenvalue weighted by Gasteiger charge is -2.22. The summed E-state index contributed by atoms with van der Waals surface area (Å²) in [4.78, 5) is 8.32. The molecule has 1 unspecified atom stereocenters. The van der Waals surface area contributed by atoms with E-state index in [4.69, 9.17) is 4.74 Å². The van der Waals surface area contributed by atoms with Crippen LogP contribution in [0, 0.1) is 0 Å². The van der Waals surface area contributed by atoms with Gasteiger partial charge in [-0.05, 0) is 19.8 Å². The van der Waals surface area contributed by atoms with Gasteiger partial charge in [-0.2, -0.15) is 4.98 Å². The monoisotopic (exact) mass is 253 g/mol. The predicted octanol–water partition coefficient (Wildman–Crippen LogP) is 2.23. The van der Waals surface area contributed by atoms with Gasteiger partial charge >= 0.3 is 0 Å². The van der Waals surface area contributed by atoms with E-state index in [1.807, 2.05) is 13.8 Å². The van der Waals surface area contributed by atoms with Crippen LogP contribution in [0.15, 0.2) is 12.3 Å². The summed E-state index contributed by atoms with van der Waals surface area (Å²) in [6.07, 6.45) is 4.27. The maximum atomic E-state index is 10.0. The highest BCUT2D eigenvalue weighted by molar-refractivity contribution is 5.27. The van der Waals surface area contributed by atoms with Gasteiger partial charge in [0.05, 0.1) is 12.2 Å². The summed E-state index contributed by atoms with van der Waals surface area (Å²) in [5.41, 5.74) is -0.738. The van der Waals surface area contributed by atoms with Gasteiger partial charge in [0.1, 0.15) is 0 Å². The van der Waals surface area contributed by atoms with Gasteiger partial charge in [-0.15, -0.1) is 0 Å². The molecule has 0 spiro atoms. The first-order valence-corrected chi connectivity index (χ1v) is 6.49. The lowest BCUT2D eigenvalue weighted by Crippen LogP contribution is -2.33. The lowest BCUT2D eigenvalue weighted by molar-refractivity contribution is 0.0635. The molecular formula is C13H23N3O2.